The highest BCUT2D eigenvalue weighted by Gasteiger charge is 2.01. The molecule has 2 rings (SSSR count). The Morgan fingerprint density at radius 1 is 1.27 bits per heavy atom. The molecule has 0 saturated carbocycles. The van der Waals surface area contributed by atoms with Crippen molar-refractivity contribution in [2.24, 2.45) is 0 Å². The summed E-state index contributed by atoms with van der Waals surface area (Å²) in [6, 6.07) is 5.59. The molecule has 3 nitrogen and oxygen atoms in total. The molecule has 0 unspecified atom stereocenters. The molecule has 0 amide bonds. The summed E-state index contributed by atoms with van der Waals surface area (Å²) in [4.78, 5) is 4.01. The van der Waals surface area contributed by atoms with Crippen LogP contribution in [0.4, 0.5) is 0 Å². The van der Waals surface area contributed by atoms with Crippen LogP contribution in [0.3, 0.4) is 0 Å². The van der Waals surface area contributed by atoms with Crippen LogP contribution < -0.4 is 0 Å². The lowest BCUT2D eigenvalue weighted by Gasteiger charge is -2.01. The van der Waals surface area contributed by atoms with E-state index in [-0.39, 0.29) is 0 Å². The van der Waals surface area contributed by atoms with E-state index >= 15 is 0 Å². The summed E-state index contributed by atoms with van der Waals surface area (Å²) in [5, 5.41) is 8.48. The predicted molar refractivity (Wildman–Crippen MR) is 62.4 cm³/mol. The van der Waals surface area contributed by atoms with E-state index in [1.165, 1.54) is 6.33 Å². The molecule has 0 atom stereocenters. The van der Waals surface area contributed by atoms with Crippen molar-refractivity contribution in [2.75, 3.05) is 0 Å². The molecule has 0 aliphatic rings. The monoisotopic (exact) mass is 259 g/mol. The molecule has 1 N–H and O–H groups in total. The fourth-order valence-electron chi connectivity index (χ4n) is 1.04. The van der Waals surface area contributed by atoms with Crippen LogP contribution in [0.2, 0.25) is 10.0 Å². The molecule has 0 aliphatic heterocycles. The fourth-order valence-corrected chi connectivity index (χ4v) is 2.09. The largest absolute Gasteiger partial charge is 0.254 e. The number of rotatable bonds is 3. The average molecular weight is 260 g/mol. The molecule has 0 bridgehead atoms. The van der Waals surface area contributed by atoms with E-state index < -0.39 is 0 Å². The van der Waals surface area contributed by atoms with Crippen molar-refractivity contribution in [3.63, 3.8) is 0 Å². The Labute approximate surface area is 101 Å². The summed E-state index contributed by atoms with van der Waals surface area (Å²) >= 11 is 13.3. The number of nitrogens with one attached hydrogen (secondary N) is 1. The molecule has 78 valence electrons. The quantitative estimate of drug-likeness (QED) is 0.860. The molecule has 2 aromatic rings. The highest BCUT2D eigenvalue weighted by molar-refractivity contribution is 7.98. The lowest BCUT2D eigenvalue weighted by Crippen LogP contribution is -1.82. The zero-order valence-electron chi connectivity index (χ0n) is 7.58. The maximum Gasteiger partial charge on any atom is 0.183 e. The first-order valence-electron chi connectivity index (χ1n) is 4.18. The van der Waals surface area contributed by atoms with E-state index in [9.17, 15) is 0 Å². The van der Waals surface area contributed by atoms with Gasteiger partial charge in [0.2, 0.25) is 0 Å². The number of halogens is 2. The van der Waals surface area contributed by atoms with E-state index in [1.807, 2.05) is 12.1 Å². The summed E-state index contributed by atoms with van der Waals surface area (Å²) < 4.78 is 0. The Morgan fingerprint density at radius 3 is 2.80 bits per heavy atom. The first-order chi connectivity index (χ1) is 7.25. The lowest BCUT2D eigenvalue weighted by molar-refractivity contribution is 0.973. The van der Waals surface area contributed by atoms with Gasteiger partial charge < -0.3 is 0 Å². The van der Waals surface area contributed by atoms with Crippen molar-refractivity contribution in [1.29, 1.82) is 0 Å². The smallest absolute Gasteiger partial charge is 0.183 e. The summed E-state index contributed by atoms with van der Waals surface area (Å²) in [5.74, 6) is 0.784. The minimum atomic E-state index is 0.574. The standard InChI is InChI=1S/C9H7Cl2N3S/c10-7-2-1-6(3-8(7)11)4-15-9-12-5-13-14-9/h1-3,5H,4H2,(H,12,13,14). The first kappa shape index (κ1) is 10.8. The number of hydrogen-bond donors (Lipinski definition) is 1. The van der Waals surface area contributed by atoms with Gasteiger partial charge in [-0.15, -0.1) is 0 Å². The van der Waals surface area contributed by atoms with Crippen LogP contribution in [0.5, 0.6) is 0 Å². The molecular weight excluding hydrogens is 253 g/mol. The van der Waals surface area contributed by atoms with E-state index in [0.29, 0.717) is 10.0 Å². The molecule has 0 saturated heterocycles. The van der Waals surface area contributed by atoms with Crippen LogP contribution in [0.15, 0.2) is 29.7 Å². The van der Waals surface area contributed by atoms with Crippen LogP contribution >= 0.6 is 35.0 Å². The van der Waals surface area contributed by atoms with E-state index in [4.69, 9.17) is 23.2 Å². The minimum absolute atomic E-state index is 0.574. The van der Waals surface area contributed by atoms with E-state index in [1.54, 1.807) is 17.8 Å². The van der Waals surface area contributed by atoms with Gasteiger partial charge >= 0.3 is 0 Å². The number of nitrogens with zero attached hydrogens (tertiary/aromatic N) is 2. The Kier molecular flexibility index (Phi) is 3.51. The molecule has 0 radical (unpaired) electrons. The van der Waals surface area contributed by atoms with Crippen LogP contribution in [0.1, 0.15) is 5.56 Å². The molecule has 6 heteroatoms. The zero-order valence-corrected chi connectivity index (χ0v) is 9.90. The van der Waals surface area contributed by atoms with Gasteiger partial charge in [-0.2, -0.15) is 5.10 Å². The van der Waals surface area contributed by atoms with Gasteiger partial charge in [-0.3, -0.25) is 5.10 Å². The SMILES string of the molecule is Clc1ccc(CSc2ncn[nH]2)cc1Cl. The van der Waals surface area contributed by atoms with Gasteiger partial charge in [0.1, 0.15) is 6.33 Å². The van der Waals surface area contributed by atoms with Crippen molar-refractivity contribution in [3.05, 3.63) is 40.1 Å². The van der Waals surface area contributed by atoms with Crippen molar-refractivity contribution >= 4 is 35.0 Å². The third-order valence-electron chi connectivity index (χ3n) is 1.75. The van der Waals surface area contributed by atoms with Gasteiger partial charge in [0.25, 0.3) is 0 Å². The molecule has 0 aliphatic carbocycles. The third kappa shape index (κ3) is 2.87. The number of benzene rings is 1. The van der Waals surface area contributed by atoms with Crippen molar-refractivity contribution < 1.29 is 0 Å². The first-order valence-corrected chi connectivity index (χ1v) is 5.92. The second-order valence-corrected chi connectivity index (χ2v) is 4.61. The number of aromatic amines is 1. The second kappa shape index (κ2) is 4.88. The number of H-pyrrole nitrogens is 1. The Bertz CT molecular complexity index is 445. The van der Waals surface area contributed by atoms with Gasteiger partial charge in [0, 0.05) is 5.75 Å². The fraction of sp³-hybridized carbons (Fsp3) is 0.111. The third-order valence-corrected chi connectivity index (χ3v) is 3.44. The number of thioether (sulfide) groups is 1. The zero-order chi connectivity index (χ0) is 10.7. The van der Waals surface area contributed by atoms with Crippen molar-refractivity contribution in [2.45, 2.75) is 10.9 Å². The van der Waals surface area contributed by atoms with Crippen LogP contribution in [0.25, 0.3) is 0 Å². The molecule has 1 heterocycles. The summed E-state index contributed by atoms with van der Waals surface area (Å²) in [6.07, 6.45) is 1.48. The van der Waals surface area contributed by atoms with Crippen LogP contribution in [-0.2, 0) is 5.75 Å². The average Bonchev–Trinajstić information content (AvgIpc) is 2.73. The van der Waals surface area contributed by atoms with Crippen LogP contribution in [0, 0.1) is 0 Å². The Hall–Kier alpha value is -0.710. The Balaban J connectivity index is 2.02. The van der Waals surface area contributed by atoms with E-state index in [0.717, 1.165) is 16.5 Å². The van der Waals surface area contributed by atoms with Crippen LogP contribution in [-0.4, -0.2) is 15.2 Å². The summed E-state index contributed by atoms with van der Waals surface area (Å²) in [7, 11) is 0. The van der Waals surface area contributed by atoms with Crippen molar-refractivity contribution in [3.8, 4) is 0 Å². The number of hydrogen-bond acceptors (Lipinski definition) is 3. The van der Waals surface area contributed by atoms with Gasteiger partial charge in [0.15, 0.2) is 5.16 Å². The topological polar surface area (TPSA) is 41.6 Å². The van der Waals surface area contributed by atoms with E-state index in [2.05, 4.69) is 15.2 Å². The van der Waals surface area contributed by atoms with Gasteiger partial charge in [-0.05, 0) is 17.7 Å². The number of aromatic nitrogens is 3. The van der Waals surface area contributed by atoms with Gasteiger partial charge in [0.05, 0.1) is 10.0 Å². The summed E-state index contributed by atoms with van der Waals surface area (Å²) in [6.45, 7) is 0. The molecule has 1 aromatic carbocycles. The summed E-state index contributed by atoms with van der Waals surface area (Å²) in [5.41, 5.74) is 1.10. The lowest BCUT2D eigenvalue weighted by atomic mass is 10.2. The van der Waals surface area contributed by atoms with Crippen molar-refractivity contribution in [1.82, 2.24) is 15.2 Å². The molecule has 0 spiro atoms. The Morgan fingerprint density at radius 2 is 2.13 bits per heavy atom. The minimum Gasteiger partial charge on any atom is -0.254 e. The molecule has 1 aromatic heterocycles. The predicted octanol–water partition coefficient (Wildman–Crippen LogP) is 3.40. The molecule has 15 heavy (non-hydrogen) atoms. The van der Waals surface area contributed by atoms with Gasteiger partial charge in [-0.1, -0.05) is 41.0 Å². The normalized spacial score (nSPS) is 10.5. The molecule has 0 fully saturated rings. The molecular formula is C9H7Cl2N3S. The van der Waals surface area contributed by atoms with Gasteiger partial charge in [-0.25, -0.2) is 4.98 Å². The maximum atomic E-state index is 5.90. The second-order valence-electron chi connectivity index (χ2n) is 2.83. The maximum absolute atomic E-state index is 5.90. The highest BCUT2D eigenvalue weighted by atomic mass is 35.5. The highest BCUT2D eigenvalue weighted by Crippen LogP contribution is 2.25.